The number of para-hydroxylation sites is 1. The maximum absolute atomic E-state index is 9.90. The molecule has 1 fully saturated rings. The van der Waals surface area contributed by atoms with Crippen LogP contribution in [0.3, 0.4) is 0 Å². The highest BCUT2D eigenvalue weighted by Crippen LogP contribution is 2.32. The van der Waals surface area contributed by atoms with Gasteiger partial charge in [-0.05, 0) is 36.8 Å². The molecule has 0 radical (unpaired) electrons. The van der Waals surface area contributed by atoms with E-state index >= 15 is 0 Å². The fourth-order valence-electron chi connectivity index (χ4n) is 2.64. The van der Waals surface area contributed by atoms with Crippen LogP contribution in [-0.2, 0) is 0 Å². The Morgan fingerprint density at radius 2 is 2.00 bits per heavy atom. The summed E-state index contributed by atoms with van der Waals surface area (Å²) in [6, 6.07) is 10.8. The van der Waals surface area contributed by atoms with Crippen LogP contribution in [-0.4, -0.2) is 15.8 Å². The van der Waals surface area contributed by atoms with Crippen molar-refractivity contribution in [2.45, 2.75) is 31.4 Å². The molecule has 0 unspecified atom stereocenters. The van der Waals surface area contributed by atoms with E-state index in [-0.39, 0.29) is 12.1 Å². The molecule has 1 heterocycles. The second-order valence-corrected chi connectivity index (χ2v) is 4.35. The van der Waals surface area contributed by atoms with Gasteiger partial charge < -0.3 is 9.67 Å². The monoisotopic (exact) mass is 201 g/mol. The van der Waals surface area contributed by atoms with Gasteiger partial charge in [-0.3, -0.25) is 0 Å². The van der Waals surface area contributed by atoms with E-state index in [1.54, 1.807) is 0 Å². The van der Waals surface area contributed by atoms with Gasteiger partial charge in [-0.2, -0.15) is 0 Å². The molecular weight excluding hydrogens is 186 g/mol. The van der Waals surface area contributed by atoms with Gasteiger partial charge in [-0.25, -0.2) is 0 Å². The zero-order valence-electron chi connectivity index (χ0n) is 8.63. The molecule has 1 aromatic heterocycles. The Morgan fingerprint density at radius 1 is 1.13 bits per heavy atom. The summed E-state index contributed by atoms with van der Waals surface area (Å²) in [5.74, 6) is 0. The number of aliphatic hydroxyl groups is 1. The van der Waals surface area contributed by atoms with E-state index in [0.717, 1.165) is 19.3 Å². The average Bonchev–Trinajstić information content (AvgIpc) is 2.83. The lowest BCUT2D eigenvalue weighted by atomic mass is 10.2. The summed E-state index contributed by atoms with van der Waals surface area (Å²) in [6.45, 7) is 0. The molecule has 2 aromatic rings. The minimum absolute atomic E-state index is 0.166. The van der Waals surface area contributed by atoms with Crippen molar-refractivity contribution in [2.75, 3.05) is 0 Å². The molecule has 1 N–H and O–H groups in total. The van der Waals surface area contributed by atoms with Crippen LogP contribution in [0.4, 0.5) is 0 Å². The smallest absolute Gasteiger partial charge is 0.0747 e. The van der Waals surface area contributed by atoms with E-state index in [1.165, 1.54) is 10.9 Å². The molecule has 0 spiro atoms. The Morgan fingerprint density at radius 3 is 2.80 bits per heavy atom. The number of fused-ring (bicyclic) bond motifs is 1. The van der Waals surface area contributed by atoms with Gasteiger partial charge in [0.05, 0.1) is 12.1 Å². The lowest BCUT2D eigenvalue weighted by Gasteiger charge is -2.17. The van der Waals surface area contributed by atoms with Crippen LogP contribution in [0.1, 0.15) is 25.3 Å². The van der Waals surface area contributed by atoms with Crippen LogP contribution < -0.4 is 0 Å². The lowest BCUT2D eigenvalue weighted by molar-refractivity contribution is 0.138. The molecule has 0 bridgehead atoms. The van der Waals surface area contributed by atoms with Crippen molar-refractivity contribution in [3.63, 3.8) is 0 Å². The standard InChI is InChI=1S/C13H15NO/c15-13-7-3-6-12(13)14-9-8-10-4-1-2-5-11(10)14/h1-2,4-5,8-9,12-13,15H,3,6-7H2/t12-,13-/m0/s1. The summed E-state index contributed by atoms with van der Waals surface area (Å²) in [4.78, 5) is 0. The van der Waals surface area contributed by atoms with Crippen molar-refractivity contribution < 1.29 is 5.11 Å². The van der Waals surface area contributed by atoms with Gasteiger partial charge in [-0.1, -0.05) is 18.2 Å². The summed E-state index contributed by atoms with van der Waals surface area (Å²) in [5, 5.41) is 11.2. The number of aromatic nitrogens is 1. The van der Waals surface area contributed by atoms with Gasteiger partial charge in [0.15, 0.2) is 0 Å². The molecule has 78 valence electrons. The first-order valence-corrected chi connectivity index (χ1v) is 5.60. The molecule has 1 aliphatic carbocycles. The molecule has 2 nitrogen and oxygen atoms in total. The van der Waals surface area contributed by atoms with Gasteiger partial charge in [-0.15, -0.1) is 0 Å². The normalized spacial score (nSPS) is 26.2. The first-order chi connectivity index (χ1) is 7.36. The summed E-state index contributed by atoms with van der Waals surface area (Å²) in [6.07, 6.45) is 5.11. The van der Waals surface area contributed by atoms with E-state index in [4.69, 9.17) is 0 Å². The number of hydrogen-bond acceptors (Lipinski definition) is 1. The topological polar surface area (TPSA) is 25.2 Å². The Bertz CT molecular complexity index is 474. The number of hydrogen-bond donors (Lipinski definition) is 1. The molecule has 0 amide bonds. The van der Waals surface area contributed by atoms with Crippen LogP contribution in [0.2, 0.25) is 0 Å². The molecule has 0 saturated heterocycles. The SMILES string of the molecule is O[C@H]1CCC[C@@H]1n1ccc2ccccc21. The molecule has 2 heteroatoms. The third-order valence-electron chi connectivity index (χ3n) is 3.43. The molecule has 1 saturated carbocycles. The summed E-state index contributed by atoms with van der Waals surface area (Å²) < 4.78 is 2.23. The summed E-state index contributed by atoms with van der Waals surface area (Å²) in [5.41, 5.74) is 1.24. The lowest BCUT2D eigenvalue weighted by Crippen LogP contribution is -2.17. The first kappa shape index (κ1) is 8.98. The van der Waals surface area contributed by atoms with Crippen LogP contribution >= 0.6 is 0 Å². The fourth-order valence-corrected chi connectivity index (χ4v) is 2.64. The molecule has 15 heavy (non-hydrogen) atoms. The highest BCUT2D eigenvalue weighted by atomic mass is 16.3. The molecule has 3 rings (SSSR count). The van der Waals surface area contributed by atoms with Crippen LogP contribution in [0.25, 0.3) is 10.9 Å². The van der Waals surface area contributed by atoms with Crippen molar-refractivity contribution in [1.82, 2.24) is 4.57 Å². The third-order valence-corrected chi connectivity index (χ3v) is 3.43. The largest absolute Gasteiger partial charge is 0.391 e. The zero-order valence-corrected chi connectivity index (χ0v) is 8.63. The van der Waals surface area contributed by atoms with Crippen molar-refractivity contribution in [2.24, 2.45) is 0 Å². The van der Waals surface area contributed by atoms with Gasteiger partial charge in [0, 0.05) is 11.7 Å². The second-order valence-electron chi connectivity index (χ2n) is 4.35. The minimum Gasteiger partial charge on any atom is -0.391 e. The molecule has 0 aliphatic heterocycles. The third kappa shape index (κ3) is 1.37. The van der Waals surface area contributed by atoms with Crippen molar-refractivity contribution in [3.8, 4) is 0 Å². The maximum Gasteiger partial charge on any atom is 0.0747 e. The van der Waals surface area contributed by atoms with Gasteiger partial charge in [0.2, 0.25) is 0 Å². The van der Waals surface area contributed by atoms with Crippen molar-refractivity contribution in [1.29, 1.82) is 0 Å². The zero-order chi connectivity index (χ0) is 10.3. The maximum atomic E-state index is 9.90. The van der Waals surface area contributed by atoms with Crippen molar-refractivity contribution in [3.05, 3.63) is 36.5 Å². The number of rotatable bonds is 1. The Kier molecular flexibility index (Phi) is 2.03. The molecule has 1 aromatic carbocycles. The van der Waals surface area contributed by atoms with Crippen LogP contribution in [0, 0.1) is 0 Å². The van der Waals surface area contributed by atoms with E-state index in [1.807, 2.05) is 0 Å². The number of aliphatic hydroxyl groups excluding tert-OH is 1. The van der Waals surface area contributed by atoms with Gasteiger partial charge in [0.25, 0.3) is 0 Å². The predicted molar refractivity (Wildman–Crippen MR) is 60.8 cm³/mol. The number of nitrogens with zero attached hydrogens (tertiary/aromatic N) is 1. The van der Waals surface area contributed by atoms with Crippen molar-refractivity contribution >= 4 is 10.9 Å². The van der Waals surface area contributed by atoms with Gasteiger partial charge >= 0.3 is 0 Å². The van der Waals surface area contributed by atoms with E-state index < -0.39 is 0 Å². The van der Waals surface area contributed by atoms with E-state index in [0.29, 0.717) is 0 Å². The van der Waals surface area contributed by atoms with E-state index in [9.17, 15) is 5.11 Å². The molecule has 1 aliphatic rings. The summed E-state index contributed by atoms with van der Waals surface area (Å²) >= 11 is 0. The first-order valence-electron chi connectivity index (χ1n) is 5.60. The Balaban J connectivity index is 2.10. The quantitative estimate of drug-likeness (QED) is 0.754. The average molecular weight is 201 g/mol. The minimum atomic E-state index is -0.166. The summed E-state index contributed by atoms with van der Waals surface area (Å²) in [7, 11) is 0. The predicted octanol–water partition coefficient (Wildman–Crippen LogP) is 2.73. The van der Waals surface area contributed by atoms with Crippen LogP contribution in [0.5, 0.6) is 0 Å². The molecule has 2 atom stereocenters. The van der Waals surface area contributed by atoms with E-state index in [2.05, 4.69) is 41.1 Å². The fraction of sp³-hybridized carbons (Fsp3) is 0.385. The molecular formula is C13H15NO. The highest BCUT2D eigenvalue weighted by molar-refractivity contribution is 5.80. The second kappa shape index (κ2) is 3.38. The van der Waals surface area contributed by atoms with Crippen LogP contribution in [0.15, 0.2) is 36.5 Å². The number of benzene rings is 1. The highest BCUT2D eigenvalue weighted by Gasteiger charge is 2.26. The Hall–Kier alpha value is -1.28. The Labute approximate surface area is 89.1 Å². The van der Waals surface area contributed by atoms with Gasteiger partial charge in [0.1, 0.15) is 0 Å².